The minimum Gasteiger partial charge on any atom is -0.550 e. The molecule has 0 radical (unpaired) electrons. The van der Waals surface area contributed by atoms with Crippen LogP contribution in [0.25, 0.3) is 44.8 Å². The Morgan fingerprint density at radius 2 is 0.750 bits per heavy atom. The number of para-hydroxylation sites is 2. The maximum absolute atomic E-state index is 14.0. The van der Waals surface area contributed by atoms with E-state index >= 15 is 0 Å². The Morgan fingerprint density at radius 3 is 1.02 bits per heavy atom. The summed E-state index contributed by atoms with van der Waals surface area (Å²) in [7, 11) is 0. The number of aliphatic hydroxyl groups is 6. The molecule has 460 valence electrons. The number of halogens is 2. The fourth-order valence-electron chi connectivity index (χ4n) is 10.4. The number of rotatable bonds is 25. The molecule has 5 atom stereocenters. The van der Waals surface area contributed by atoms with Crippen LogP contribution in [0, 0.1) is 11.6 Å². The number of hydrogen-bond donors (Lipinski definition) is 8. The summed E-state index contributed by atoms with van der Waals surface area (Å²) >= 11 is 0. The summed E-state index contributed by atoms with van der Waals surface area (Å²) in [4.78, 5) is 49.8. The van der Waals surface area contributed by atoms with Crippen molar-refractivity contribution in [3.05, 3.63) is 204 Å². The van der Waals surface area contributed by atoms with E-state index in [-0.39, 0.29) is 107 Å². The number of hydrogen-bond acceptors (Lipinski definition) is 12. The van der Waals surface area contributed by atoms with Gasteiger partial charge in [0.05, 0.1) is 59.6 Å². The molecule has 6 aromatic carbocycles. The third kappa shape index (κ3) is 20.3. The van der Waals surface area contributed by atoms with E-state index in [2.05, 4.69) is 10.6 Å². The summed E-state index contributed by atoms with van der Waals surface area (Å²) in [5.41, 5.74) is 9.43. The summed E-state index contributed by atoms with van der Waals surface area (Å²) in [5, 5.41) is 85.2. The van der Waals surface area contributed by atoms with Gasteiger partial charge in [-0.15, -0.1) is 0 Å². The number of nitrogens with one attached hydrogen (secondary N) is 2. The molecule has 0 aliphatic heterocycles. The van der Waals surface area contributed by atoms with Crippen molar-refractivity contribution in [2.75, 3.05) is 17.2 Å². The first-order chi connectivity index (χ1) is 41.6. The van der Waals surface area contributed by atoms with Crippen molar-refractivity contribution >= 4 is 72.9 Å². The smallest absolute Gasteiger partial charge is 0.550 e. The predicted molar refractivity (Wildman–Crippen MR) is 334 cm³/mol. The number of aliphatic hydroxyl groups excluding tert-OH is 6. The quantitative estimate of drug-likeness (QED) is 0.0249. The van der Waals surface area contributed by atoms with E-state index in [9.17, 15) is 58.6 Å². The van der Waals surface area contributed by atoms with Crippen molar-refractivity contribution in [2.45, 2.75) is 129 Å². The van der Waals surface area contributed by atoms with Crippen LogP contribution < -0.4 is 20.8 Å². The second-order valence-corrected chi connectivity index (χ2v) is 21.8. The number of carbonyl (C=O) groups is 4. The second kappa shape index (κ2) is 35.0. The molecule has 0 aliphatic carbocycles. The fraction of sp³-hybridized carbons (Fsp3) is 0.304. The van der Waals surface area contributed by atoms with E-state index < -0.39 is 66.9 Å². The van der Waals surface area contributed by atoms with Gasteiger partial charge in [0.1, 0.15) is 11.6 Å². The first kappa shape index (κ1) is 71.4. The van der Waals surface area contributed by atoms with Crippen LogP contribution in [0.5, 0.6) is 0 Å². The van der Waals surface area contributed by atoms with Crippen LogP contribution in [0.2, 0.25) is 0 Å². The van der Waals surface area contributed by atoms with Crippen LogP contribution in [0.3, 0.4) is 0 Å². The molecule has 0 saturated carbocycles. The minimum absolute atomic E-state index is 0. The Morgan fingerprint density at radius 1 is 0.455 bits per heavy atom. The topological polar surface area (TPSA) is 270 Å². The third-order valence-corrected chi connectivity index (χ3v) is 14.1. The predicted octanol–water partition coefficient (Wildman–Crippen LogP) is 8.94. The van der Waals surface area contributed by atoms with Crippen LogP contribution in [-0.4, -0.2) is 138 Å². The van der Waals surface area contributed by atoms with Crippen molar-refractivity contribution in [2.24, 2.45) is 0 Å². The zero-order valence-corrected chi connectivity index (χ0v) is 52.3. The van der Waals surface area contributed by atoms with Gasteiger partial charge in [-0.1, -0.05) is 125 Å². The maximum Gasteiger partial charge on any atom is 2.00 e. The van der Waals surface area contributed by atoms with E-state index in [0.717, 1.165) is 22.5 Å². The second-order valence-electron chi connectivity index (χ2n) is 21.8. The van der Waals surface area contributed by atoms with Crippen molar-refractivity contribution in [1.29, 1.82) is 0 Å². The van der Waals surface area contributed by atoms with Gasteiger partial charge in [-0.3, -0.25) is 9.59 Å². The van der Waals surface area contributed by atoms with E-state index in [0.29, 0.717) is 56.1 Å². The van der Waals surface area contributed by atoms with Crippen LogP contribution in [0.1, 0.15) is 117 Å². The first-order valence-electron chi connectivity index (χ1n) is 28.9. The largest absolute Gasteiger partial charge is 2.00 e. The number of aliphatic carboxylic acids is 2. The van der Waals surface area contributed by atoms with Crippen molar-refractivity contribution in [1.82, 2.24) is 9.13 Å². The van der Waals surface area contributed by atoms with Crippen LogP contribution >= 0.6 is 0 Å². The van der Waals surface area contributed by atoms with Gasteiger partial charge in [-0.25, -0.2) is 8.78 Å². The minimum atomic E-state index is -1.39. The summed E-state index contributed by atoms with van der Waals surface area (Å²) in [6, 6.07) is 49.4. The van der Waals surface area contributed by atoms with Crippen molar-refractivity contribution in [3.63, 3.8) is 0 Å². The number of aromatic nitrogens is 2. The molecule has 0 spiro atoms. The summed E-state index contributed by atoms with van der Waals surface area (Å²) in [6.07, 6.45) is -6.10. The molecule has 8 rings (SSSR count). The average Bonchev–Trinajstić information content (AvgIpc) is 1.61. The van der Waals surface area contributed by atoms with E-state index in [1.165, 1.54) is 31.2 Å². The molecule has 0 bridgehead atoms. The van der Waals surface area contributed by atoms with Gasteiger partial charge in [-0.2, -0.15) is 0 Å². The van der Waals surface area contributed by atoms with Gasteiger partial charge in [0, 0.05) is 71.8 Å². The fourth-order valence-corrected chi connectivity index (χ4v) is 10.4. The Kier molecular flexibility index (Phi) is 28.4. The van der Waals surface area contributed by atoms with Crippen LogP contribution in [0.15, 0.2) is 170 Å². The van der Waals surface area contributed by atoms with Crippen LogP contribution in [-0.2, 0) is 22.7 Å². The summed E-state index contributed by atoms with van der Waals surface area (Å²) in [5.74, 6) is -4.41. The van der Waals surface area contributed by atoms with Gasteiger partial charge in [0.25, 0.3) is 11.8 Å². The van der Waals surface area contributed by atoms with Gasteiger partial charge in [0.2, 0.25) is 0 Å². The maximum atomic E-state index is 14.0. The average molecular weight is 1230 g/mol. The molecule has 0 aliphatic rings. The first-order valence-corrected chi connectivity index (χ1v) is 28.9. The zero-order chi connectivity index (χ0) is 63.3. The molecule has 88 heavy (non-hydrogen) atoms. The Hall–Kier alpha value is -7.36. The van der Waals surface area contributed by atoms with Gasteiger partial charge in [0.15, 0.2) is 0 Å². The van der Waals surface area contributed by atoms with E-state index in [1.54, 1.807) is 48.5 Å². The molecule has 16 nitrogen and oxygen atoms in total. The van der Waals surface area contributed by atoms with Gasteiger partial charge < -0.3 is 70.2 Å². The SMILES string of the molecule is CC(C)c1c(C(=O)Nc2ccccc2)c(-c2ccccc2)c(-c2ccc(F)cc2)n1CC[C@@H](O)C[C@@H](O)CC(=O)[O-].CC(C)c1c(C(=O)Nc2ccccc2)c(-c2ccccc2)c(-c2ccc(F)cc2)n1CC[C@@H](O)C[C@@H](O)CC(=O)[O-].C[C@H](O)CO.[Ca+2]. The van der Waals surface area contributed by atoms with Gasteiger partial charge in [-0.05, 0) is 139 Å². The Bertz CT molecular complexity index is 3250. The molecule has 2 heterocycles. The monoisotopic (exact) mass is 1230 g/mol. The standard InChI is InChI=1S/2C33H35FN2O5.C3H8O2.Ca/c2*1-21(2)31-30(33(41)35-25-11-7-4-8-12-25)29(22-9-5-3-6-10-22)32(23-13-15-24(34)16-14-23)36(31)18-17-26(37)19-27(38)20-28(39)40;1-3(5)2-4;/h2*3-16,21,26-27,37-38H,17-20H2,1-2H3,(H,35,41)(H,39,40);3-5H,2H2,1H3;/q;;;+2/p-2/t2*26-,27-;3-;/m110./s1. The number of carboxylic acid groups (broad SMARTS) is 2. The number of carbonyl (C=O) groups excluding carboxylic acids is 4. The molecule has 2 amide bonds. The molecule has 19 heteroatoms. The molecular formula is C69H76CaF2N4O12. The molecular weight excluding hydrogens is 1150 g/mol. The molecule has 8 N–H and O–H groups in total. The van der Waals surface area contributed by atoms with E-state index in [4.69, 9.17) is 10.2 Å². The van der Waals surface area contributed by atoms with E-state index in [1.807, 2.05) is 134 Å². The molecule has 0 fully saturated rings. The van der Waals surface area contributed by atoms with Crippen molar-refractivity contribution < 1.29 is 68.8 Å². The summed E-state index contributed by atoms with van der Waals surface area (Å²) < 4.78 is 32.0. The normalized spacial score (nSPS) is 12.7. The molecule has 0 saturated heterocycles. The number of carboxylic acids is 2. The van der Waals surface area contributed by atoms with Gasteiger partial charge >= 0.3 is 37.7 Å². The number of anilines is 2. The number of amides is 2. The summed E-state index contributed by atoms with van der Waals surface area (Å²) in [6.45, 7) is 9.83. The van der Waals surface area contributed by atoms with Crippen molar-refractivity contribution in [3.8, 4) is 44.8 Å². The number of benzene rings is 6. The molecule has 2 aromatic heterocycles. The Labute approximate surface area is 541 Å². The van der Waals surface area contributed by atoms with Crippen LogP contribution in [0.4, 0.5) is 20.2 Å². The zero-order valence-electron chi connectivity index (χ0n) is 50.1. The Balaban J connectivity index is 0.000000294. The third-order valence-electron chi connectivity index (χ3n) is 14.1. The molecule has 8 aromatic rings. The number of nitrogens with zero attached hydrogens (tertiary/aromatic N) is 2. The molecule has 0 unspecified atom stereocenters.